The maximum absolute atomic E-state index is 14.9. The van der Waals surface area contributed by atoms with Crippen LogP contribution in [0.4, 0.5) is 20.6 Å². The van der Waals surface area contributed by atoms with Gasteiger partial charge in [0.15, 0.2) is 0 Å². The van der Waals surface area contributed by atoms with Crippen LogP contribution in [0.2, 0.25) is 0 Å². The van der Waals surface area contributed by atoms with Crippen LogP contribution < -0.4 is 15.1 Å². The Morgan fingerprint density at radius 1 is 1.25 bits per heavy atom. The third-order valence-electron chi connectivity index (χ3n) is 5.36. The predicted molar refractivity (Wildman–Crippen MR) is 118 cm³/mol. The average molecular weight is 483 g/mol. The number of benzene rings is 1. The van der Waals surface area contributed by atoms with Gasteiger partial charge in [-0.25, -0.2) is 17.6 Å². The number of ether oxygens (including phenoxy) is 1. The van der Waals surface area contributed by atoms with Gasteiger partial charge >= 0.3 is 6.09 Å². The molecule has 0 spiro atoms. The van der Waals surface area contributed by atoms with E-state index in [4.69, 9.17) is 4.74 Å². The molecule has 32 heavy (non-hydrogen) atoms. The molecule has 1 atom stereocenters. The minimum Gasteiger partial charge on any atom is -0.442 e. The van der Waals surface area contributed by atoms with Crippen LogP contribution >= 0.6 is 11.3 Å². The second-order valence-electron chi connectivity index (χ2n) is 7.51. The summed E-state index contributed by atoms with van der Waals surface area (Å²) < 4.78 is 47.2. The van der Waals surface area contributed by atoms with Crippen LogP contribution in [0.5, 0.6) is 0 Å². The van der Waals surface area contributed by atoms with Crippen molar-refractivity contribution < 1.29 is 27.1 Å². The number of anilines is 2. The zero-order chi connectivity index (χ0) is 22.9. The van der Waals surface area contributed by atoms with Crippen LogP contribution in [0.25, 0.3) is 0 Å². The van der Waals surface area contributed by atoms with Gasteiger partial charge < -0.3 is 15.0 Å². The monoisotopic (exact) mass is 482 g/mol. The van der Waals surface area contributed by atoms with E-state index in [1.807, 2.05) is 0 Å². The average Bonchev–Trinajstić information content (AvgIpc) is 3.43. The van der Waals surface area contributed by atoms with Crippen molar-refractivity contribution in [1.29, 1.82) is 0 Å². The molecule has 1 N–H and O–H groups in total. The molecule has 2 aromatic rings. The summed E-state index contributed by atoms with van der Waals surface area (Å²) >= 11 is 1.18. The van der Waals surface area contributed by atoms with Crippen molar-refractivity contribution in [1.82, 2.24) is 9.62 Å². The maximum Gasteiger partial charge on any atom is 0.414 e. The zero-order valence-electron chi connectivity index (χ0n) is 17.4. The molecular weight excluding hydrogens is 459 g/mol. The quantitative estimate of drug-likeness (QED) is 0.675. The van der Waals surface area contributed by atoms with Crippen molar-refractivity contribution in [3.05, 3.63) is 41.5 Å². The first kappa shape index (κ1) is 22.5. The van der Waals surface area contributed by atoms with E-state index < -0.39 is 28.0 Å². The lowest BCUT2D eigenvalue weighted by atomic mass is 10.2. The zero-order valence-corrected chi connectivity index (χ0v) is 19.0. The van der Waals surface area contributed by atoms with Gasteiger partial charge in [-0.05, 0) is 29.6 Å². The Labute approximate surface area is 189 Å². The highest BCUT2D eigenvalue weighted by atomic mass is 32.2. The van der Waals surface area contributed by atoms with Crippen molar-refractivity contribution in [2.75, 3.05) is 49.1 Å². The number of carbonyl (C=O) groups excluding carboxylic acids is 2. The van der Waals surface area contributed by atoms with Gasteiger partial charge in [-0.3, -0.25) is 9.69 Å². The first-order chi connectivity index (χ1) is 15.3. The summed E-state index contributed by atoms with van der Waals surface area (Å²) in [4.78, 5) is 26.3. The van der Waals surface area contributed by atoms with Crippen LogP contribution in [0, 0.1) is 5.82 Å². The Bertz CT molecular complexity index is 1100. The molecule has 4 rings (SSSR count). The molecule has 1 aromatic carbocycles. The lowest BCUT2D eigenvalue weighted by Crippen LogP contribution is -2.48. The normalized spacial score (nSPS) is 19.8. The number of carbonyl (C=O) groups is 2. The standard InChI is InChI=1S/C20H23FN4O5S2/c1-14(26)22-12-16-13-25(20(27)30-16)15-4-5-18(17(21)11-15)23-6-8-24(9-7-23)32(28,29)19-3-2-10-31-19/h2-5,10-11,16H,6-9,12-13H2,1H3,(H,22,26)/t16-/m0/s1. The number of thiophene rings is 1. The summed E-state index contributed by atoms with van der Waals surface area (Å²) in [7, 11) is -3.53. The molecule has 2 saturated heterocycles. The number of piperazine rings is 1. The molecule has 2 fully saturated rings. The number of halogens is 1. The van der Waals surface area contributed by atoms with Crippen LogP contribution in [0.1, 0.15) is 6.92 Å². The fourth-order valence-electron chi connectivity index (χ4n) is 3.72. The van der Waals surface area contributed by atoms with E-state index in [1.54, 1.807) is 34.5 Å². The van der Waals surface area contributed by atoms with Crippen molar-refractivity contribution in [3.63, 3.8) is 0 Å². The molecular formula is C20H23FN4O5S2. The van der Waals surface area contributed by atoms with E-state index in [1.165, 1.54) is 33.5 Å². The highest BCUT2D eigenvalue weighted by Crippen LogP contribution is 2.29. The first-order valence-corrected chi connectivity index (χ1v) is 12.4. The summed E-state index contributed by atoms with van der Waals surface area (Å²) in [5.41, 5.74) is 0.713. The number of hydrogen-bond donors (Lipinski definition) is 1. The molecule has 3 heterocycles. The highest BCUT2D eigenvalue weighted by Gasteiger charge is 2.34. The summed E-state index contributed by atoms with van der Waals surface area (Å²) in [6.45, 7) is 2.99. The number of cyclic esters (lactones) is 1. The first-order valence-electron chi connectivity index (χ1n) is 10.1. The van der Waals surface area contributed by atoms with Gasteiger partial charge in [0.05, 0.1) is 24.5 Å². The fraction of sp³-hybridized carbons (Fsp3) is 0.400. The van der Waals surface area contributed by atoms with Crippen molar-refractivity contribution >= 4 is 44.7 Å². The molecule has 9 nitrogen and oxygen atoms in total. The van der Waals surface area contributed by atoms with Crippen molar-refractivity contribution in [2.45, 2.75) is 17.2 Å². The smallest absolute Gasteiger partial charge is 0.414 e. The Hall–Kier alpha value is -2.70. The van der Waals surface area contributed by atoms with Crippen LogP contribution in [-0.4, -0.2) is 70.1 Å². The van der Waals surface area contributed by atoms with Gasteiger partial charge in [0.25, 0.3) is 10.0 Å². The molecule has 1 aromatic heterocycles. The molecule has 0 unspecified atom stereocenters. The molecule has 12 heteroatoms. The highest BCUT2D eigenvalue weighted by molar-refractivity contribution is 7.91. The summed E-state index contributed by atoms with van der Waals surface area (Å²) in [6, 6.07) is 7.77. The minimum atomic E-state index is -3.53. The number of amides is 2. The third-order valence-corrected chi connectivity index (χ3v) is 8.64. The number of rotatable bonds is 6. The topological polar surface area (TPSA) is 99.3 Å². The minimum absolute atomic E-state index is 0.191. The third kappa shape index (κ3) is 4.57. The van der Waals surface area contributed by atoms with Crippen LogP contribution in [0.3, 0.4) is 0 Å². The number of hydrogen-bond acceptors (Lipinski definition) is 7. The lowest BCUT2D eigenvalue weighted by Gasteiger charge is -2.35. The number of nitrogens with zero attached hydrogens (tertiary/aromatic N) is 3. The van der Waals surface area contributed by atoms with E-state index in [0.717, 1.165) is 0 Å². The van der Waals surface area contributed by atoms with Crippen LogP contribution in [-0.2, 0) is 19.6 Å². The summed E-state index contributed by atoms with van der Waals surface area (Å²) in [6.07, 6.45) is -1.10. The lowest BCUT2D eigenvalue weighted by molar-refractivity contribution is -0.119. The van der Waals surface area contributed by atoms with E-state index in [0.29, 0.717) is 28.7 Å². The van der Waals surface area contributed by atoms with Gasteiger partial charge in [0, 0.05) is 33.1 Å². The summed E-state index contributed by atoms with van der Waals surface area (Å²) in [5.74, 6) is -0.728. The second kappa shape index (κ2) is 9.04. The summed E-state index contributed by atoms with van der Waals surface area (Å²) in [5, 5.41) is 4.32. The van der Waals surface area contributed by atoms with E-state index >= 15 is 0 Å². The maximum atomic E-state index is 14.9. The Morgan fingerprint density at radius 3 is 2.62 bits per heavy atom. The molecule has 172 valence electrons. The molecule has 0 aliphatic carbocycles. The molecule has 0 saturated carbocycles. The molecule has 2 aliphatic heterocycles. The van der Waals surface area contributed by atoms with Gasteiger partial charge in [0.2, 0.25) is 5.91 Å². The van der Waals surface area contributed by atoms with Gasteiger partial charge in [0.1, 0.15) is 16.1 Å². The molecule has 0 bridgehead atoms. The fourth-order valence-corrected chi connectivity index (χ4v) is 6.29. The largest absolute Gasteiger partial charge is 0.442 e. The Morgan fingerprint density at radius 2 is 2.00 bits per heavy atom. The van der Waals surface area contributed by atoms with Gasteiger partial charge in [-0.1, -0.05) is 6.07 Å². The van der Waals surface area contributed by atoms with Crippen molar-refractivity contribution in [2.24, 2.45) is 0 Å². The predicted octanol–water partition coefficient (Wildman–Crippen LogP) is 1.86. The molecule has 0 radical (unpaired) electrons. The van der Waals surface area contributed by atoms with Crippen molar-refractivity contribution in [3.8, 4) is 0 Å². The molecule has 2 amide bonds. The van der Waals surface area contributed by atoms with E-state index in [-0.39, 0.29) is 32.1 Å². The molecule has 2 aliphatic rings. The van der Waals surface area contributed by atoms with E-state index in [2.05, 4.69) is 5.32 Å². The number of sulfonamides is 1. The van der Waals surface area contributed by atoms with Gasteiger partial charge in [-0.15, -0.1) is 11.3 Å². The van der Waals surface area contributed by atoms with Crippen LogP contribution in [0.15, 0.2) is 39.9 Å². The SMILES string of the molecule is CC(=O)NC[C@H]1CN(c2ccc(N3CCN(S(=O)(=O)c4cccs4)CC3)c(F)c2)C(=O)O1. The van der Waals surface area contributed by atoms with Gasteiger partial charge in [-0.2, -0.15) is 4.31 Å². The second-order valence-corrected chi connectivity index (χ2v) is 10.6. The van der Waals surface area contributed by atoms with E-state index in [9.17, 15) is 22.4 Å². The number of nitrogens with one attached hydrogen (secondary N) is 1. The Kier molecular flexibility index (Phi) is 6.35. The Balaban J connectivity index is 1.40.